The Balaban J connectivity index is 1.97. The molecule has 3 nitrogen and oxygen atoms in total. The van der Waals surface area contributed by atoms with Gasteiger partial charge in [0.2, 0.25) is 5.91 Å². The van der Waals surface area contributed by atoms with Gasteiger partial charge in [-0.3, -0.25) is 4.79 Å². The van der Waals surface area contributed by atoms with E-state index in [4.69, 9.17) is 16.3 Å². The van der Waals surface area contributed by atoms with Crippen LogP contribution in [-0.4, -0.2) is 11.8 Å². The number of aryl methyl sites for hydroxylation is 1. The van der Waals surface area contributed by atoms with Crippen molar-refractivity contribution in [2.24, 2.45) is 0 Å². The molecule has 0 bridgehead atoms. The number of amides is 1. The summed E-state index contributed by atoms with van der Waals surface area (Å²) in [5.41, 5.74) is 1.92. The molecule has 0 aliphatic rings. The average Bonchev–Trinajstić information content (AvgIpc) is 2.44. The monoisotopic (exact) mass is 289 g/mol. The molecule has 20 heavy (non-hydrogen) atoms. The lowest BCUT2D eigenvalue weighted by atomic mass is 10.2. The fraction of sp³-hybridized carbons (Fsp3) is 0.188. The van der Waals surface area contributed by atoms with E-state index >= 15 is 0 Å². The van der Waals surface area contributed by atoms with Crippen molar-refractivity contribution >= 4 is 23.2 Å². The molecule has 0 spiro atoms. The van der Waals surface area contributed by atoms with Crippen molar-refractivity contribution in [2.45, 2.75) is 13.3 Å². The van der Waals surface area contributed by atoms with Crippen LogP contribution >= 0.6 is 11.6 Å². The Morgan fingerprint density at radius 3 is 2.15 bits per heavy atom. The average molecular weight is 290 g/mol. The summed E-state index contributed by atoms with van der Waals surface area (Å²) in [5, 5.41) is 2.76. The molecule has 0 fully saturated rings. The minimum absolute atomic E-state index is 0.0906. The van der Waals surface area contributed by atoms with E-state index in [0.29, 0.717) is 12.3 Å². The second kappa shape index (κ2) is 6.96. The summed E-state index contributed by atoms with van der Waals surface area (Å²) in [6.45, 7) is 2.03. The van der Waals surface area contributed by atoms with Crippen LogP contribution in [0.25, 0.3) is 0 Å². The minimum atomic E-state index is -0.0906. The van der Waals surface area contributed by atoms with Gasteiger partial charge in [-0.25, -0.2) is 0 Å². The summed E-state index contributed by atoms with van der Waals surface area (Å²) in [6.07, 6.45) is 0.309. The van der Waals surface area contributed by atoms with Gasteiger partial charge in [0.15, 0.2) is 0 Å². The first-order valence-corrected chi connectivity index (χ1v) is 6.91. The zero-order chi connectivity index (χ0) is 14.4. The standard InChI is InChI=1S/C16H16ClNO2/c1-12-2-6-14(7-3-12)20-15-8-4-13(5-9-15)18-16(19)10-11-17/h2-9H,10-11H2,1H3,(H,18,19). The highest BCUT2D eigenvalue weighted by molar-refractivity contribution is 6.19. The van der Waals surface area contributed by atoms with E-state index in [2.05, 4.69) is 5.32 Å². The van der Waals surface area contributed by atoms with E-state index in [-0.39, 0.29) is 5.91 Å². The fourth-order valence-electron chi connectivity index (χ4n) is 1.66. The number of halogens is 1. The summed E-state index contributed by atoms with van der Waals surface area (Å²) in [4.78, 5) is 11.4. The highest BCUT2D eigenvalue weighted by Crippen LogP contribution is 2.23. The first kappa shape index (κ1) is 14.4. The van der Waals surface area contributed by atoms with Gasteiger partial charge in [-0.05, 0) is 43.3 Å². The van der Waals surface area contributed by atoms with Crippen molar-refractivity contribution in [3.05, 3.63) is 54.1 Å². The van der Waals surface area contributed by atoms with Crippen LogP contribution in [-0.2, 0) is 4.79 Å². The lowest BCUT2D eigenvalue weighted by Gasteiger charge is -2.08. The molecule has 1 N–H and O–H groups in total. The van der Waals surface area contributed by atoms with Crippen LogP contribution in [0.3, 0.4) is 0 Å². The highest BCUT2D eigenvalue weighted by Gasteiger charge is 2.02. The summed E-state index contributed by atoms with van der Waals surface area (Å²) in [5.74, 6) is 1.74. The third-order valence-electron chi connectivity index (χ3n) is 2.72. The number of hydrogen-bond donors (Lipinski definition) is 1. The second-order valence-electron chi connectivity index (χ2n) is 4.43. The second-order valence-corrected chi connectivity index (χ2v) is 4.80. The Bertz CT molecular complexity index is 564. The lowest BCUT2D eigenvalue weighted by molar-refractivity contribution is -0.115. The van der Waals surface area contributed by atoms with Gasteiger partial charge in [-0.1, -0.05) is 17.7 Å². The summed E-state index contributed by atoms with van der Waals surface area (Å²) in [6, 6.07) is 15.1. The van der Waals surface area contributed by atoms with Gasteiger partial charge in [0.1, 0.15) is 11.5 Å². The van der Waals surface area contributed by atoms with Gasteiger partial charge < -0.3 is 10.1 Å². The van der Waals surface area contributed by atoms with Gasteiger partial charge in [0, 0.05) is 18.0 Å². The first-order chi connectivity index (χ1) is 9.67. The molecule has 0 atom stereocenters. The van der Waals surface area contributed by atoms with Crippen molar-refractivity contribution in [2.75, 3.05) is 11.2 Å². The van der Waals surface area contributed by atoms with E-state index < -0.39 is 0 Å². The Hall–Kier alpha value is -2.00. The van der Waals surface area contributed by atoms with Gasteiger partial charge in [0.05, 0.1) is 0 Å². The number of anilines is 1. The largest absolute Gasteiger partial charge is 0.457 e. The van der Waals surface area contributed by atoms with Gasteiger partial charge in [0.25, 0.3) is 0 Å². The number of carbonyl (C=O) groups is 1. The molecule has 0 aliphatic carbocycles. The smallest absolute Gasteiger partial charge is 0.225 e. The zero-order valence-corrected chi connectivity index (χ0v) is 12.0. The van der Waals surface area contributed by atoms with E-state index in [9.17, 15) is 4.79 Å². The number of ether oxygens (including phenoxy) is 1. The molecular weight excluding hydrogens is 274 g/mol. The maximum Gasteiger partial charge on any atom is 0.225 e. The Morgan fingerprint density at radius 2 is 1.60 bits per heavy atom. The van der Waals surface area contributed by atoms with Crippen LogP contribution in [0, 0.1) is 6.92 Å². The van der Waals surface area contributed by atoms with Gasteiger partial charge in [-0.15, -0.1) is 11.6 Å². The van der Waals surface area contributed by atoms with Crippen LogP contribution in [0.15, 0.2) is 48.5 Å². The SMILES string of the molecule is Cc1ccc(Oc2ccc(NC(=O)CCCl)cc2)cc1. The molecule has 2 rings (SSSR count). The summed E-state index contributed by atoms with van der Waals surface area (Å²) in [7, 11) is 0. The molecule has 0 aliphatic heterocycles. The number of hydrogen-bond acceptors (Lipinski definition) is 2. The molecule has 0 radical (unpaired) electrons. The highest BCUT2D eigenvalue weighted by atomic mass is 35.5. The molecular formula is C16H16ClNO2. The first-order valence-electron chi connectivity index (χ1n) is 6.38. The topological polar surface area (TPSA) is 38.3 Å². The van der Waals surface area contributed by atoms with Crippen molar-refractivity contribution in [1.82, 2.24) is 0 Å². The summed E-state index contributed by atoms with van der Waals surface area (Å²) >= 11 is 5.51. The van der Waals surface area contributed by atoms with Crippen LogP contribution in [0.4, 0.5) is 5.69 Å². The molecule has 0 heterocycles. The van der Waals surface area contributed by atoms with E-state index in [1.165, 1.54) is 5.56 Å². The van der Waals surface area contributed by atoms with Crippen molar-refractivity contribution in [1.29, 1.82) is 0 Å². The number of nitrogens with one attached hydrogen (secondary N) is 1. The lowest BCUT2D eigenvalue weighted by Crippen LogP contribution is -2.11. The quantitative estimate of drug-likeness (QED) is 0.831. The van der Waals surface area contributed by atoms with Crippen LogP contribution in [0.1, 0.15) is 12.0 Å². The van der Waals surface area contributed by atoms with Crippen LogP contribution < -0.4 is 10.1 Å². The fourth-order valence-corrected chi connectivity index (χ4v) is 1.83. The third kappa shape index (κ3) is 4.28. The number of rotatable bonds is 5. The Labute approximate surface area is 123 Å². The Kier molecular flexibility index (Phi) is 5.02. The molecule has 1 amide bonds. The Morgan fingerprint density at radius 1 is 1.05 bits per heavy atom. The van der Waals surface area contributed by atoms with Gasteiger partial charge >= 0.3 is 0 Å². The van der Waals surface area contributed by atoms with Crippen LogP contribution in [0.2, 0.25) is 0 Å². The molecule has 0 saturated heterocycles. The molecule has 2 aromatic rings. The minimum Gasteiger partial charge on any atom is -0.457 e. The molecule has 0 saturated carbocycles. The molecule has 0 aromatic heterocycles. The van der Waals surface area contributed by atoms with E-state index in [1.807, 2.05) is 43.3 Å². The maximum atomic E-state index is 11.4. The summed E-state index contributed by atoms with van der Waals surface area (Å²) < 4.78 is 5.71. The van der Waals surface area contributed by atoms with E-state index in [0.717, 1.165) is 17.2 Å². The zero-order valence-electron chi connectivity index (χ0n) is 11.2. The van der Waals surface area contributed by atoms with Crippen molar-refractivity contribution < 1.29 is 9.53 Å². The number of alkyl halides is 1. The van der Waals surface area contributed by atoms with Gasteiger partial charge in [-0.2, -0.15) is 0 Å². The molecule has 4 heteroatoms. The molecule has 104 valence electrons. The molecule has 0 unspecified atom stereocenters. The molecule has 2 aromatic carbocycles. The predicted molar refractivity (Wildman–Crippen MR) is 81.7 cm³/mol. The third-order valence-corrected chi connectivity index (χ3v) is 2.91. The normalized spacial score (nSPS) is 10.1. The van der Waals surface area contributed by atoms with Crippen LogP contribution in [0.5, 0.6) is 11.5 Å². The maximum absolute atomic E-state index is 11.4. The number of benzene rings is 2. The van der Waals surface area contributed by atoms with E-state index in [1.54, 1.807) is 12.1 Å². The number of carbonyl (C=O) groups excluding carboxylic acids is 1. The predicted octanol–water partition coefficient (Wildman–Crippen LogP) is 4.35. The van der Waals surface area contributed by atoms with Crippen molar-refractivity contribution in [3.8, 4) is 11.5 Å². The van der Waals surface area contributed by atoms with Crippen molar-refractivity contribution in [3.63, 3.8) is 0 Å².